The van der Waals surface area contributed by atoms with Crippen molar-refractivity contribution in [1.82, 2.24) is 0 Å². The summed E-state index contributed by atoms with van der Waals surface area (Å²) in [7, 11) is 2.15. The standard InChI is InChI=1S/C41H44N2O2/c1-24(2)22-42-39-29-14-9-8-13-28(29)21-33-30(15-10-16-32(33)39)37-40(44)38(41(37)45)31-17-18-36(43(5)23-25(3)4)35-20-27-12-7-6-11-26(27)19-34(31)35/h6-21,24-25,37-38,40-42,44-45H,22-23H2,1-5H3. The molecule has 6 aromatic rings. The van der Waals surface area contributed by atoms with Crippen molar-refractivity contribution < 1.29 is 10.2 Å². The van der Waals surface area contributed by atoms with Gasteiger partial charge in [0.05, 0.1) is 12.2 Å². The normalized spacial score (nSPS) is 20.0. The highest BCUT2D eigenvalue weighted by Crippen LogP contribution is 2.52. The molecule has 1 saturated carbocycles. The Kier molecular flexibility index (Phi) is 7.67. The van der Waals surface area contributed by atoms with Crippen LogP contribution in [0.2, 0.25) is 0 Å². The van der Waals surface area contributed by atoms with Crippen LogP contribution < -0.4 is 10.2 Å². The summed E-state index contributed by atoms with van der Waals surface area (Å²) < 4.78 is 0. The molecule has 2 unspecified atom stereocenters. The molecule has 0 spiro atoms. The van der Waals surface area contributed by atoms with Crippen LogP contribution in [0.3, 0.4) is 0 Å². The third kappa shape index (κ3) is 5.10. The summed E-state index contributed by atoms with van der Waals surface area (Å²) in [5, 5.41) is 36.8. The summed E-state index contributed by atoms with van der Waals surface area (Å²) >= 11 is 0. The van der Waals surface area contributed by atoms with Crippen LogP contribution in [0.4, 0.5) is 11.4 Å². The van der Waals surface area contributed by atoms with Gasteiger partial charge in [-0.15, -0.1) is 0 Å². The Bertz CT molecular complexity index is 2020. The van der Waals surface area contributed by atoms with E-state index in [1.165, 1.54) is 16.5 Å². The first-order chi connectivity index (χ1) is 21.7. The molecular weight excluding hydrogens is 552 g/mol. The van der Waals surface area contributed by atoms with Crippen molar-refractivity contribution in [3.05, 3.63) is 108 Å². The van der Waals surface area contributed by atoms with Crippen molar-refractivity contribution in [2.45, 2.75) is 51.7 Å². The van der Waals surface area contributed by atoms with Crippen molar-refractivity contribution in [2.75, 3.05) is 30.4 Å². The zero-order valence-corrected chi connectivity index (χ0v) is 27.0. The molecule has 1 aliphatic rings. The van der Waals surface area contributed by atoms with Gasteiger partial charge < -0.3 is 20.4 Å². The second kappa shape index (κ2) is 11.7. The first kappa shape index (κ1) is 29.6. The van der Waals surface area contributed by atoms with Crippen molar-refractivity contribution in [1.29, 1.82) is 0 Å². The Morgan fingerprint density at radius 2 is 1.16 bits per heavy atom. The average molecular weight is 597 g/mol. The van der Waals surface area contributed by atoms with E-state index < -0.39 is 12.2 Å². The second-order valence-electron chi connectivity index (χ2n) is 13.9. The zero-order valence-electron chi connectivity index (χ0n) is 27.0. The monoisotopic (exact) mass is 596 g/mol. The molecule has 0 aromatic heterocycles. The Morgan fingerprint density at radius 3 is 1.82 bits per heavy atom. The number of hydrogen-bond acceptors (Lipinski definition) is 4. The quantitative estimate of drug-likeness (QED) is 0.153. The average Bonchev–Trinajstić information content (AvgIpc) is 3.02. The highest BCUT2D eigenvalue weighted by atomic mass is 16.3. The summed E-state index contributed by atoms with van der Waals surface area (Å²) in [6.45, 7) is 10.7. The van der Waals surface area contributed by atoms with Gasteiger partial charge in [0.25, 0.3) is 0 Å². The molecule has 0 heterocycles. The van der Waals surface area contributed by atoms with Crippen LogP contribution in [-0.4, -0.2) is 42.6 Å². The Hall–Kier alpha value is -4.12. The molecule has 0 saturated heterocycles. The van der Waals surface area contributed by atoms with Gasteiger partial charge in [0.2, 0.25) is 0 Å². The number of nitrogens with one attached hydrogen (secondary N) is 1. The molecule has 2 atom stereocenters. The van der Waals surface area contributed by atoms with Gasteiger partial charge >= 0.3 is 0 Å². The fraction of sp³-hybridized carbons (Fsp3) is 0.317. The minimum Gasteiger partial charge on any atom is -0.392 e. The van der Waals surface area contributed by atoms with Crippen LogP contribution in [0.25, 0.3) is 43.1 Å². The molecule has 1 fully saturated rings. The van der Waals surface area contributed by atoms with Crippen LogP contribution in [0.15, 0.2) is 97.1 Å². The third-order valence-electron chi connectivity index (χ3n) is 9.76. The molecule has 230 valence electrons. The first-order valence-electron chi connectivity index (χ1n) is 16.4. The SMILES string of the molecule is CC(C)CNc1c2ccccc2cc2c(C3C(O)C(c4ccc(N(C)CC(C)C)c5cc6ccccc6cc45)C3O)cccc12. The van der Waals surface area contributed by atoms with Gasteiger partial charge in [0, 0.05) is 59.5 Å². The van der Waals surface area contributed by atoms with Gasteiger partial charge in [-0.2, -0.15) is 0 Å². The van der Waals surface area contributed by atoms with Crippen molar-refractivity contribution >= 4 is 54.5 Å². The molecule has 4 heteroatoms. The highest BCUT2D eigenvalue weighted by Gasteiger charge is 2.51. The summed E-state index contributed by atoms with van der Waals surface area (Å²) in [5.74, 6) is 0.274. The molecule has 0 aliphatic heterocycles. The topological polar surface area (TPSA) is 55.7 Å². The van der Waals surface area contributed by atoms with Gasteiger partial charge in [-0.3, -0.25) is 0 Å². The fourth-order valence-electron chi connectivity index (χ4n) is 7.65. The first-order valence-corrected chi connectivity index (χ1v) is 16.4. The van der Waals surface area contributed by atoms with E-state index in [0.29, 0.717) is 11.8 Å². The van der Waals surface area contributed by atoms with Crippen LogP contribution in [0, 0.1) is 11.8 Å². The minimum absolute atomic E-state index is 0.377. The number of rotatable bonds is 8. The third-order valence-corrected chi connectivity index (χ3v) is 9.76. The van der Waals surface area contributed by atoms with Gasteiger partial charge in [-0.1, -0.05) is 100 Å². The van der Waals surface area contributed by atoms with E-state index in [9.17, 15) is 10.2 Å². The molecule has 4 nitrogen and oxygen atoms in total. The lowest BCUT2D eigenvalue weighted by molar-refractivity contribution is -0.0775. The Balaban J connectivity index is 1.33. The predicted octanol–water partition coefficient (Wildman–Crippen LogP) is 9.06. The molecule has 3 N–H and O–H groups in total. The van der Waals surface area contributed by atoms with E-state index in [-0.39, 0.29) is 11.8 Å². The maximum Gasteiger partial charge on any atom is 0.0727 e. The molecule has 6 aromatic carbocycles. The van der Waals surface area contributed by atoms with E-state index in [4.69, 9.17) is 0 Å². The molecule has 0 bridgehead atoms. The van der Waals surface area contributed by atoms with E-state index in [0.717, 1.165) is 62.2 Å². The lowest BCUT2D eigenvalue weighted by Gasteiger charge is -2.48. The largest absolute Gasteiger partial charge is 0.392 e. The summed E-state index contributed by atoms with van der Waals surface area (Å²) in [6, 6.07) is 34.3. The lowest BCUT2D eigenvalue weighted by Crippen LogP contribution is -2.51. The predicted molar refractivity (Wildman–Crippen MR) is 192 cm³/mol. The van der Waals surface area contributed by atoms with Crippen LogP contribution in [0.5, 0.6) is 0 Å². The van der Waals surface area contributed by atoms with Crippen LogP contribution in [-0.2, 0) is 0 Å². The molecular formula is C41H44N2O2. The molecule has 7 rings (SSSR count). The van der Waals surface area contributed by atoms with E-state index >= 15 is 0 Å². The van der Waals surface area contributed by atoms with E-state index in [2.05, 4.69) is 142 Å². The number of anilines is 2. The van der Waals surface area contributed by atoms with Crippen molar-refractivity contribution in [3.8, 4) is 0 Å². The maximum absolute atomic E-state index is 11.9. The Labute approximate surface area is 266 Å². The maximum atomic E-state index is 11.9. The van der Waals surface area contributed by atoms with Crippen molar-refractivity contribution in [3.63, 3.8) is 0 Å². The molecule has 0 radical (unpaired) electrons. The summed E-state index contributed by atoms with van der Waals surface area (Å²) in [4.78, 5) is 2.33. The number of aliphatic hydroxyl groups excluding tert-OH is 2. The molecule has 45 heavy (non-hydrogen) atoms. The summed E-state index contributed by atoms with van der Waals surface area (Å²) in [6.07, 6.45) is -1.42. The highest BCUT2D eigenvalue weighted by molar-refractivity contribution is 6.12. The van der Waals surface area contributed by atoms with Crippen LogP contribution in [0.1, 0.15) is 50.7 Å². The Morgan fingerprint density at radius 1 is 0.600 bits per heavy atom. The van der Waals surface area contributed by atoms with Gasteiger partial charge in [-0.25, -0.2) is 0 Å². The van der Waals surface area contributed by atoms with E-state index in [1.54, 1.807) is 0 Å². The van der Waals surface area contributed by atoms with Crippen LogP contribution >= 0.6 is 0 Å². The number of fused-ring (bicyclic) bond motifs is 4. The van der Waals surface area contributed by atoms with Gasteiger partial charge in [0.1, 0.15) is 0 Å². The number of hydrogen-bond donors (Lipinski definition) is 3. The zero-order chi connectivity index (χ0) is 31.4. The van der Waals surface area contributed by atoms with Gasteiger partial charge in [0.15, 0.2) is 0 Å². The molecule has 0 amide bonds. The number of nitrogens with zero attached hydrogens (tertiary/aromatic N) is 1. The van der Waals surface area contributed by atoms with Crippen molar-refractivity contribution in [2.24, 2.45) is 11.8 Å². The smallest absolute Gasteiger partial charge is 0.0727 e. The van der Waals surface area contributed by atoms with Gasteiger partial charge in [-0.05, 0) is 74.2 Å². The number of benzene rings is 6. The second-order valence-corrected chi connectivity index (χ2v) is 13.9. The fourth-order valence-corrected chi connectivity index (χ4v) is 7.65. The molecule has 1 aliphatic carbocycles. The minimum atomic E-state index is -0.710. The number of aliphatic hydroxyl groups is 2. The van der Waals surface area contributed by atoms with E-state index in [1.807, 2.05) is 0 Å². The lowest BCUT2D eigenvalue weighted by atomic mass is 9.62. The summed E-state index contributed by atoms with van der Waals surface area (Å²) in [5.41, 5.74) is 4.32.